The van der Waals surface area contributed by atoms with E-state index in [9.17, 15) is 9.90 Å². The Bertz CT molecular complexity index is 1340. The van der Waals surface area contributed by atoms with Crippen molar-refractivity contribution in [3.63, 3.8) is 0 Å². The fourth-order valence-corrected chi connectivity index (χ4v) is 6.15. The van der Waals surface area contributed by atoms with Gasteiger partial charge in [-0.2, -0.15) is 4.37 Å². The summed E-state index contributed by atoms with van der Waals surface area (Å²) in [4.78, 5) is 12.4. The van der Waals surface area contributed by atoms with Gasteiger partial charge in [0.1, 0.15) is 23.9 Å². The van der Waals surface area contributed by atoms with Crippen LogP contribution >= 0.6 is 11.5 Å². The maximum absolute atomic E-state index is 15.0. The molecule has 5 nitrogen and oxygen atoms in total. The number of methoxy groups -OCH3 is 1. The molecule has 1 unspecified atom stereocenters. The Kier molecular flexibility index (Phi) is 7.08. The molecule has 1 saturated carbocycles. The fraction of sp³-hybridized carbons (Fsp3) is 0.400. The van der Waals surface area contributed by atoms with Gasteiger partial charge in [-0.15, -0.1) is 0 Å². The monoisotopic (exact) mass is 521 g/mol. The maximum Gasteiger partial charge on any atom is 0.303 e. The van der Waals surface area contributed by atoms with Crippen molar-refractivity contribution in [1.29, 1.82) is 0 Å². The maximum atomic E-state index is 15.0. The van der Waals surface area contributed by atoms with Crippen LogP contribution in [-0.2, 0) is 11.4 Å². The molecule has 2 aliphatic rings. The molecule has 3 aromatic rings. The molecule has 5 rings (SSSR count). The minimum Gasteiger partial charge on any atom is -0.497 e. The van der Waals surface area contributed by atoms with Crippen LogP contribution in [0.25, 0.3) is 16.8 Å². The van der Waals surface area contributed by atoms with Crippen LogP contribution in [0.3, 0.4) is 0 Å². The number of allylic oxidation sites excluding steroid dienone is 2. The van der Waals surface area contributed by atoms with Gasteiger partial charge in [0, 0.05) is 11.1 Å². The average molecular weight is 522 g/mol. The van der Waals surface area contributed by atoms with Crippen molar-refractivity contribution in [2.75, 3.05) is 7.11 Å². The quantitative estimate of drug-likeness (QED) is 0.296. The Morgan fingerprint density at radius 3 is 2.70 bits per heavy atom. The summed E-state index contributed by atoms with van der Waals surface area (Å²) >= 11 is 1.33. The molecule has 7 heteroatoms. The van der Waals surface area contributed by atoms with E-state index >= 15 is 4.39 Å². The van der Waals surface area contributed by atoms with Crippen LogP contribution in [0.5, 0.6) is 11.5 Å². The van der Waals surface area contributed by atoms with Crippen LogP contribution < -0.4 is 9.47 Å². The third-order valence-corrected chi connectivity index (χ3v) is 8.37. The minimum atomic E-state index is -0.776. The van der Waals surface area contributed by atoms with Crippen molar-refractivity contribution >= 4 is 23.1 Å². The van der Waals surface area contributed by atoms with Crippen molar-refractivity contribution in [2.45, 2.75) is 58.5 Å². The minimum absolute atomic E-state index is 0.00657. The van der Waals surface area contributed by atoms with E-state index in [-0.39, 0.29) is 23.6 Å². The van der Waals surface area contributed by atoms with E-state index in [1.807, 2.05) is 24.3 Å². The smallest absolute Gasteiger partial charge is 0.303 e. The third-order valence-electron chi connectivity index (χ3n) is 7.55. The van der Waals surface area contributed by atoms with Gasteiger partial charge in [0.05, 0.1) is 24.1 Å². The normalized spacial score (nSPS) is 17.4. The van der Waals surface area contributed by atoms with E-state index in [4.69, 9.17) is 13.8 Å². The lowest BCUT2D eigenvalue weighted by Crippen LogP contribution is -2.11. The SMILES string of the molecule is COc1ccc(F)c(-c2nsc(COc3cccc(C(CC(=O)O)C4CC4)c3)c2C2=CCCC2(C)C)c1. The molecule has 2 aliphatic carbocycles. The van der Waals surface area contributed by atoms with Crippen LogP contribution in [0.15, 0.2) is 48.5 Å². The lowest BCUT2D eigenvalue weighted by Gasteiger charge is -2.24. The number of aromatic nitrogens is 1. The first-order valence-corrected chi connectivity index (χ1v) is 13.5. The van der Waals surface area contributed by atoms with Gasteiger partial charge in [0.25, 0.3) is 0 Å². The van der Waals surface area contributed by atoms with Crippen molar-refractivity contribution in [3.05, 3.63) is 70.4 Å². The molecule has 37 heavy (non-hydrogen) atoms. The molecule has 0 radical (unpaired) electrons. The van der Waals surface area contributed by atoms with E-state index in [0.29, 0.717) is 35.3 Å². The van der Waals surface area contributed by atoms with E-state index in [0.717, 1.165) is 41.7 Å². The summed E-state index contributed by atoms with van der Waals surface area (Å²) < 4.78 is 31.3. The Hall–Kier alpha value is -3.19. The molecule has 2 aromatic carbocycles. The van der Waals surface area contributed by atoms with Crippen LogP contribution in [0.2, 0.25) is 0 Å². The first kappa shape index (κ1) is 25.5. The summed E-state index contributed by atoms with van der Waals surface area (Å²) in [6.07, 6.45) is 6.50. The number of aliphatic carboxylic acids is 1. The highest BCUT2D eigenvalue weighted by molar-refractivity contribution is 7.06. The van der Waals surface area contributed by atoms with Gasteiger partial charge in [-0.1, -0.05) is 32.1 Å². The molecule has 0 aliphatic heterocycles. The molecular weight excluding hydrogens is 489 g/mol. The Balaban J connectivity index is 1.47. The summed E-state index contributed by atoms with van der Waals surface area (Å²) in [6.45, 7) is 4.72. The fourth-order valence-electron chi connectivity index (χ4n) is 5.35. The predicted molar refractivity (Wildman–Crippen MR) is 144 cm³/mol. The van der Waals surface area contributed by atoms with Gasteiger partial charge in [-0.3, -0.25) is 4.79 Å². The highest BCUT2D eigenvalue weighted by atomic mass is 32.1. The van der Waals surface area contributed by atoms with Gasteiger partial charge in [-0.25, -0.2) is 4.39 Å². The number of carbonyl (C=O) groups is 1. The second-order valence-electron chi connectivity index (χ2n) is 10.6. The highest BCUT2D eigenvalue weighted by Gasteiger charge is 2.35. The molecule has 1 fully saturated rings. The zero-order valence-corrected chi connectivity index (χ0v) is 22.2. The van der Waals surface area contributed by atoms with Crippen molar-refractivity contribution in [2.24, 2.45) is 11.3 Å². The molecule has 1 heterocycles. The predicted octanol–water partition coefficient (Wildman–Crippen LogP) is 7.71. The molecule has 0 amide bonds. The number of rotatable bonds is 10. The molecule has 1 aromatic heterocycles. The molecule has 194 valence electrons. The number of ether oxygens (including phenoxy) is 2. The molecule has 1 N–H and O–H groups in total. The Morgan fingerprint density at radius 1 is 1.22 bits per heavy atom. The van der Waals surface area contributed by atoms with E-state index in [1.165, 1.54) is 23.2 Å². The lowest BCUT2D eigenvalue weighted by atomic mass is 9.81. The van der Waals surface area contributed by atoms with Crippen molar-refractivity contribution in [1.82, 2.24) is 4.37 Å². The number of hydrogen-bond acceptors (Lipinski definition) is 5. The first-order chi connectivity index (χ1) is 17.8. The molecule has 0 saturated heterocycles. The van der Waals surface area contributed by atoms with Crippen molar-refractivity contribution < 1.29 is 23.8 Å². The summed E-state index contributed by atoms with van der Waals surface area (Å²) in [5.74, 6) is 0.594. The van der Waals surface area contributed by atoms with E-state index < -0.39 is 5.97 Å². The van der Waals surface area contributed by atoms with Crippen molar-refractivity contribution in [3.8, 4) is 22.8 Å². The van der Waals surface area contributed by atoms with Gasteiger partial charge < -0.3 is 14.6 Å². The van der Waals surface area contributed by atoms with Crippen LogP contribution in [-0.4, -0.2) is 22.6 Å². The number of halogens is 1. The zero-order chi connectivity index (χ0) is 26.2. The standard InChI is InChI=1S/C30H32FNO4S/c1-30(2)13-5-8-24(30)28-26(37-32-29(28)23-15-20(35-3)11-12-25(23)31)17-36-21-7-4-6-19(14-21)22(16-27(33)34)18-9-10-18/h4,6-8,11-12,14-15,18,22H,5,9-10,13,16-17H2,1-3H3,(H,33,34). The van der Waals surface area contributed by atoms with E-state index in [1.54, 1.807) is 19.2 Å². The van der Waals surface area contributed by atoms with E-state index in [2.05, 4.69) is 19.9 Å². The lowest BCUT2D eigenvalue weighted by molar-refractivity contribution is -0.137. The van der Waals surface area contributed by atoms with Crippen LogP contribution in [0.4, 0.5) is 4.39 Å². The summed E-state index contributed by atoms with van der Waals surface area (Å²) in [6, 6.07) is 12.5. The average Bonchev–Trinajstić information content (AvgIpc) is 3.54. The third kappa shape index (κ3) is 5.42. The molecule has 1 atom stereocenters. The number of carboxylic acids is 1. The number of nitrogens with zero attached hydrogens (tertiary/aromatic N) is 1. The van der Waals surface area contributed by atoms with Gasteiger partial charge >= 0.3 is 5.97 Å². The zero-order valence-electron chi connectivity index (χ0n) is 21.4. The molecule has 0 bridgehead atoms. The molecule has 0 spiro atoms. The number of benzene rings is 2. The van der Waals surface area contributed by atoms with Gasteiger partial charge in [0.2, 0.25) is 0 Å². The second kappa shape index (κ2) is 10.3. The Labute approximate surface area is 221 Å². The van der Waals surface area contributed by atoms with Crippen LogP contribution in [0, 0.1) is 17.2 Å². The number of hydrogen-bond donors (Lipinski definition) is 1. The van der Waals surface area contributed by atoms with Gasteiger partial charge in [-0.05, 0) is 95.9 Å². The second-order valence-corrected chi connectivity index (χ2v) is 11.5. The number of carboxylic acid groups (broad SMARTS) is 1. The Morgan fingerprint density at radius 2 is 2.03 bits per heavy atom. The van der Waals surface area contributed by atoms with Gasteiger partial charge in [0.15, 0.2) is 0 Å². The first-order valence-electron chi connectivity index (χ1n) is 12.7. The summed E-state index contributed by atoms with van der Waals surface area (Å²) in [7, 11) is 1.57. The highest BCUT2D eigenvalue weighted by Crippen LogP contribution is 2.49. The van der Waals surface area contributed by atoms with Crippen LogP contribution in [0.1, 0.15) is 67.9 Å². The summed E-state index contributed by atoms with van der Waals surface area (Å²) in [5, 5.41) is 9.39. The topological polar surface area (TPSA) is 68.7 Å². The largest absolute Gasteiger partial charge is 0.497 e. The summed E-state index contributed by atoms with van der Waals surface area (Å²) in [5.41, 5.74) is 4.09. The molecular formula is C30H32FNO4S.